The largest absolute Gasteiger partial charge is 0.0840 e. The summed E-state index contributed by atoms with van der Waals surface area (Å²) >= 11 is 6.01. The lowest BCUT2D eigenvalue weighted by molar-refractivity contribution is 0.627. The zero-order valence-corrected chi connectivity index (χ0v) is 7.28. The summed E-state index contributed by atoms with van der Waals surface area (Å²) in [6.45, 7) is 2.25. The molecule has 1 aromatic rings. The topological polar surface area (TPSA) is 0 Å². The second-order valence-electron chi connectivity index (χ2n) is 3.30. The van der Waals surface area contributed by atoms with Gasteiger partial charge in [0.15, 0.2) is 0 Å². The number of rotatable bonds is 0. The Hall–Kier alpha value is -0.490. The van der Waals surface area contributed by atoms with E-state index >= 15 is 0 Å². The van der Waals surface area contributed by atoms with Gasteiger partial charge in [-0.15, -0.1) is 0 Å². The fraction of sp³-hybridized carbons (Fsp3) is 0.400. The van der Waals surface area contributed by atoms with Gasteiger partial charge in [0.2, 0.25) is 0 Å². The molecule has 0 spiro atoms. The highest BCUT2D eigenvalue weighted by atomic mass is 35.5. The molecule has 1 aliphatic carbocycles. The highest BCUT2D eigenvalue weighted by Gasteiger charge is 2.19. The van der Waals surface area contributed by atoms with E-state index in [4.69, 9.17) is 11.6 Å². The Balaban J connectivity index is 2.49. The van der Waals surface area contributed by atoms with Crippen molar-refractivity contribution in [1.82, 2.24) is 0 Å². The van der Waals surface area contributed by atoms with Gasteiger partial charge in [0.05, 0.1) is 0 Å². The third-order valence-electron chi connectivity index (χ3n) is 2.24. The molecule has 0 saturated carbocycles. The molecule has 57 valence electrons. The van der Waals surface area contributed by atoms with E-state index in [0.717, 1.165) is 23.8 Å². The maximum atomic E-state index is 6.01. The van der Waals surface area contributed by atoms with E-state index in [2.05, 4.69) is 13.0 Å². The number of benzene rings is 1. The van der Waals surface area contributed by atoms with Gasteiger partial charge in [0, 0.05) is 5.02 Å². The van der Waals surface area contributed by atoms with Gasteiger partial charge in [-0.2, -0.15) is 0 Å². The molecule has 0 amide bonds. The lowest BCUT2D eigenvalue weighted by Crippen LogP contribution is -1.89. The second-order valence-corrected chi connectivity index (χ2v) is 3.70. The van der Waals surface area contributed by atoms with E-state index in [-0.39, 0.29) is 0 Å². The molecule has 1 aromatic carbocycles. The molecule has 0 N–H and O–H groups in total. The minimum atomic E-state index is 0.751. The number of hydrogen-bond donors (Lipinski definition) is 0. The lowest BCUT2D eigenvalue weighted by atomic mass is 10.1. The third kappa shape index (κ3) is 1.16. The van der Waals surface area contributed by atoms with Gasteiger partial charge in [0.1, 0.15) is 0 Å². The van der Waals surface area contributed by atoms with Gasteiger partial charge >= 0.3 is 0 Å². The van der Waals surface area contributed by atoms with Crippen molar-refractivity contribution in [3.05, 3.63) is 34.3 Å². The van der Waals surface area contributed by atoms with Gasteiger partial charge in [-0.25, -0.2) is 0 Å². The van der Waals surface area contributed by atoms with E-state index < -0.39 is 0 Å². The summed E-state index contributed by atoms with van der Waals surface area (Å²) in [6.07, 6.45) is 2.28. The average molecular weight is 166 g/mol. The maximum absolute atomic E-state index is 6.01. The summed E-state index contributed by atoms with van der Waals surface area (Å²) in [7, 11) is 0. The molecule has 1 unspecified atom stereocenters. The van der Waals surface area contributed by atoms with E-state index in [1.807, 2.05) is 12.1 Å². The van der Waals surface area contributed by atoms with Crippen LogP contribution >= 0.6 is 11.6 Å². The van der Waals surface area contributed by atoms with Crippen LogP contribution in [0.5, 0.6) is 0 Å². The van der Waals surface area contributed by atoms with Crippen molar-refractivity contribution in [2.24, 2.45) is 5.92 Å². The predicted molar refractivity (Wildman–Crippen MR) is 46.9 cm³/mol. The third-order valence-corrected chi connectivity index (χ3v) is 2.60. The van der Waals surface area contributed by atoms with E-state index in [9.17, 15) is 0 Å². The molecule has 0 saturated heterocycles. The smallest absolute Gasteiger partial charge is 0.0441 e. The molecule has 0 aliphatic heterocycles. The molecule has 1 radical (unpaired) electrons. The van der Waals surface area contributed by atoms with E-state index in [1.165, 1.54) is 11.1 Å². The van der Waals surface area contributed by atoms with Crippen LogP contribution < -0.4 is 0 Å². The Kier molecular flexibility index (Phi) is 1.65. The normalized spacial score (nSPS) is 21.8. The quantitative estimate of drug-likeness (QED) is 0.555. The molecule has 11 heavy (non-hydrogen) atoms. The summed E-state index contributed by atoms with van der Waals surface area (Å²) in [6, 6.07) is 7.08. The molecular formula is C10H10Cl. The van der Waals surface area contributed by atoms with Crippen LogP contribution in [-0.4, -0.2) is 0 Å². The van der Waals surface area contributed by atoms with Crippen LogP contribution in [0.2, 0.25) is 5.02 Å². The van der Waals surface area contributed by atoms with Crippen LogP contribution in [0.3, 0.4) is 0 Å². The van der Waals surface area contributed by atoms with Crippen molar-refractivity contribution in [3.63, 3.8) is 0 Å². The molecule has 1 heteroatoms. The van der Waals surface area contributed by atoms with Crippen molar-refractivity contribution in [3.8, 4) is 0 Å². The van der Waals surface area contributed by atoms with Crippen LogP contribution in [-0.2, 0) is 12.8 Å². The van der Waals surface area contributed by atoms with Crippen LogP contribution in [0.15, 0.2) is 12.1 Å². The molecule has 1 atom stereocenters. The predicted octanol–water partition coefficient (Wildman–Crippen LogP) is 2.87. The van der Waals surface area contributed by atoms with Gasteiger partial charge < -0.3 is 0 Å². The molecule has 2 rings (SSSR count). The Labute approximate surface area is 72.2 Å². The summed E-state index contributed by atoms with van der Waals surface area (Å²) in [4.78, 5) is 0. The van der Waals surface area contributed by atoms with Crippen molar-refractivity contribution in [2.45, 2.75) is 19.8 Å². The fourth-order valence-electron chi connectivity index (χ4n) is 1.72. The summed E-state index contributed by atoms with van der Waals surface area (Å²) < 4.78 is 0. The average Bonchev–Trinajstić information content (AvgIpc) is 2.31. The van der Waals surface area contributed by atoms with Crippen LogP contribution in [0.1, 0.15) is 18.1 Å². The van der Waals surface area contributed by atoms with E-state index in [0.29, 0.717) is 0 Å². The van der Waals surface area contributed by atoms with Crippen molar-refractivity contribution in [1.29, 1.82) is 0 Å². The summed E-state index contributed by atoms with van der Waals surface area (Å²) in [5.74, 6) is 0.751. The van der Waals surface area contributed by atoms with Gasteiger partial charge in [-0.1, -0.05) is 24.6 Å². The Morgan fingerprint density at radius 3 is 3.09 bits per heavy atom. The molecule has 0 aromatic heterocycles. The van der Waals surface area contributed by atoms with Crippen LogP contribution in [0, 0.1) is 12.0 Å². The first kappa shape index (κ1) is 7.17. The number of halogens is 1. The summed E-state index contributed by atoms with van der Waals surface area (Å²) in [5, 5.41) is 0.920. The molecule has 1 aliphatic rings. The van der Waals surface area contributed by atoms with Crippen LogP contribution in [0.25, 0.3) is 0 Å². The standard InChI is InChI=1S/C10H10Cl/c1-7-5-8-3-2-4-10(11)9(8)6-7/h2,4,7H,5-6H2,1H3. The molecular weight excluding hydrogens is 156 g/mol. The number of hydrogen-bond acceptors (Lipinski definition) is 0. The Morgan fingerprint density at radius 1 is 1.55 bits per heavy atom. The molecule has 0 heterocycles. The Bertz CT molecular complexity index is 278. The first-order valence-corrected chi connectivity index (χ1v) is 4.33. The summed E-state index contributed by atoms with van der Waals surface area (Å²) in [5.41, 5.74) is 2.65. The zero-order chi connectivity index (χ0) is 7.84. The fourth-order valence-corrected chi connectivity index (χ4v) is 1.97. The SMILES string of the molecule is CC1Cc2[c]ccc(Cl)c2C1. The van der Waals surface area contributed by atoms with Crippen molar-refractivity contribution >= 4 is 11.6 Å². The first-order valence-electron chi connectivity index (χ1n) is 3.95. The molecule has 0 bridgehead atoms. The highest BCUT2D eigenvalue weighted by molar-refractivity contribution is 6.31. The molecule has 0 fully saturated rings. The first-order chi connectivity index (χ1) is 5.27. The monoisotopic (exact) mass is 165 g/mol. The Morgan fingerprint density at radius 2 is 2.36 bits per heavy atom. The van der Waals surface area contributed by atoms with Crippen LogP contribution in [0.4, 0.5) is 0 Å². The second kappa shape index (κ2) is 2.53. The maximum Gasteiger partial charge on any atom is 0.0441 e. The van der Waals surface area contributed by atoms with Crippen molar-refractivity contribution in [2.75, 3.05) is 0 Å². The van der Waals surface area contributed by atoms with Crippen molar-refractivity contribution < 1.29 is 0 Å². The van der Waals surface area contributed by atoms with Gasteiger partial charge in [-0.3, -0.25) is 0 Å². The lowest BCUT2D eigenvalue weighted by Gasteiger charge is -1.98. The van der Waals surface area contributed by atoms with Gasteiger partial charge in [-0.05, 0) is 42.0 Å². The van der Waals surface area contributed by atoms with Gasteiger partial charge in [0.25, 0.3) is 0 Å². The van der Waals surface area contributed by atoms with E-state index in [1.54, 1.807) is 0 Å². The molecule has 0 nitrogen and oxygen atoms in total. The highest BCUT2D eigenvalue weighted by Crippen LogP contribution is 2.31. The minimum absolute atomic E-state index is 0.751. The zero-order valence-electron chi connectivity index (χ0n) is 6.52. The number of fused-ring (bicyclic) bond motifs is 1. The minimum Gasteiger partial charge on any atom is -0.0840 e.